The van der Waals surface area contributed by atoms with Crippen LogP contribution in [-0.4, -0.2) is 62.0 Å². The van der Waals surface area contributed by atoms with Crippen molar-refractivity contribution in [3.63, 3.8) is 0 Å². The average Bonchev–Trinajstić information content (AvgIpc) is 3.17. The molecule has 8 heteroatoms. The first-order chi connectivity index (χ1) is 12.2. The Balaban J connectivity index is 1.46. The maximum Gasteiger partial charge on any atom is 0.233 e. The van der Waals surface area contributed by atoms with Crippen molar-refractivity contribution in [2.75, 3.05) is 26.7 Å². The summed E-state index contributed by atoms with van der Waals surface area (Å²) in [5, 5.41) is 16.0. The number of aromatic nitrogens is 5. The van der Waals surface area contributed by atoms with Crippen molar-refractivity contribution < 1.29 is 4.79 Å². The molecule has 0 unspecified atom stereocenters. The number of hydrogen-bond acceptors (Lipinski definition) is 5. The predicted octanol–water partition coefficient (Wildman–Crippen LogP) is 0.783. The fourth-order valence-electron chi connectivity index (χ4n) is 3.62. The number of carbonyl (C=O) groups is 1. The molecular formula is C17H25N7O. The van der Waals surface area contributed by atoms with E-state index in [1.165, 1.54) is 12.8 Å². The fraction of sp³-hybridized carbons (Fsp3) is 0.647. The third-order valence-electron chi connectivity index (χ3n) is 5.17. The van der Waals surface area contributed by atoms with Crippen molar-refractivity contribution in [2.24, 2.45) is 0 Å². The lowest BCUT2D eigenvalue weighted by Gasteiger charge is -2.31. The number of nitrogens with one attached hydrogen (secondary N) is 1. The smallest absolute Gasteiger partial charge is 0.233 e. The van der Waals surface area contributed by atoms with E-state index in [4.69, 9.17) is 0 Å². The summed E-state index contributed by atoms with van der Waals surface area (Å²) in [5.41, 5.74) is 0. The summed E-state index contributed by atoms with van der Waals surface area (Å²) < 4.78 is 4.26. The van der Waals surface area contributed by atoms with Crippen LogP contribution in [0.25, 0.3) is 0 Å². The summed E-state index contributed by atoms with van der Waals surface area (Å²) in [4.78, 5) is 13.8. The second-order valence-electron chi connectivity index (χ2n) is 7.00. The van der Waals surface area contributed by atoms with Crippen LogP contribution in [0.5, 0.6) is 0 Å². The summed E-state index contributed by atoms with van der Waals surface area (Å²) in [6.07, 6.45) is 8.25. The maximum absolute atomic E-state index is 11.6. The molecule has 1 amide bonds. The molecule has 25 heavy (non-hydrogen) atoms. The lowest BCUT2D eigenvalue weighted by molar-refractivity contribution is -0.122. The molecule has 2 aromatic heterocycles. The molecule has 134 valence electrons. The SMILES string of the molecule is CNC(=O)CN1CCC(c2nnc(Cn3cccn3)n2C2CC2)CC1. The van der Waals surface area contributed by atoms with Gasteiger partial charge in [0.25, 0.3) is 0 Å². The van der Waals surface area contributed by atoms with E-state index in [2.05, 4.69) is 30.1 Å². The number of carbonyl (C=O) groups excluding carboxylic acids is 1. The van der Waals surface area contributed by atoms with Gasteiger partial charge in [0.15, 0.2) is 5.82 Å². The third kappa shape index (κ3) is 3.58. The van der Waals surface area contributed by atoms with E-state index in [0.717, 1.165) is 37.6 Å². The van der Waals surface area contributed by atoms with Crippen molar-refractivity contribution in [3.8, 4) is 0 Å². The van der Waals surface area contributed by atoms with Crippen LogP contribution < -0.4 is 5.32 Å². The highest BCUT2D eigenvalue weighted by Crippen LogP contribution is 2.39. The molecule has 1 aliphatic carbocycles. The molecule has 0 radical (unpaired) electrons. The minimum atomic E-state index is 0.0844. The van der Waals surface area contributed by atoms with Crippen LogP contribution in [0.1, 0.15) is 49.3 Å². The van der Waals surface area contributed by atoms with Crippen LogP contribution in [0.2, 0.25) is 0 Å². The Morgan fingerprint density at radius 2 is 2.04 bits per heavy atom. The first-order valence-corrected chi connectivity index (χ1v) is 9.08. The summed E-state index contributed by atoms with van der Waals surface area (Å²) >= 11 is 0. The monoisotopic (exact) mass is 343 g/mol. The van der Waals surface area contributed by atoms with E-state index in [9.17, 15) is 4.79 Å². The number of rotatable bonds is 6. The van der Waals surface area contributed by atoms with Crippen LogP contribution in [0.4, 0.5) is 0 Å². The molecule has 1 saturated heterocycles. The normalized spacial score (nSPS) is 19.2. The highest BCUT2D eigenvalue weighted by Gasteiger charge is 2.33. The first kappa shape index (κ1) is 16.3. The lowest BCUT2D eigenvalue weighted by Crippen LogP contribution is -2.40. The quantitative estimate of drug-likeness (QED) is 0.838. The zero-order chi connectivity index (χ0) is 17.2. The topological polar surface area (TPSA) is 80.9 Å². The molecule has 0 bridgehead atoms. The van der Waals surface area contributed by atoms with E-state index in [0.29, 0.717) is 25.0 Å². The molecular weight excluding hydrogens is 318 g/mol. The van der Waals surface area contributed by atoms with Gasteiger partial charge in [-0.1, -0.05) is 0 Å². The van der Waals surface area contributed by atoms with Crippen LogP contribution in [0, 0.1) is 0 Å². The number of likely N-dealkylation sites (N-methyl/N-ethyl adjacent to an activating group) is 1. The Morgan fingerprint density at radius 1 is 1.24 bits per heavy atom. The molecule has 2 aromatic rings. The highest BCUT2D eigenvalue weighted by molar-refractivity contribution is 5.77. The first-order valence-electron chi connectivity index (χ1n) is 9.08. The van der Waals surface area contributed by atoms with Crippen molar-refractivity contribution in [1.82, 2.24) is 34.8 Å². The van der Waals surface area contributed by atoms with Crippen molar-refractivity contribution in [1.29, 1.82) is 0 Å². The lowest BCUT2D eigenvalue weighted by atomic mass is 9.95. The zero-order valence-electron chi connectivity index (χ0n) is 14.6. The third-order valence-corrected chi connectivity index (χ3v) is 5.17. The van der Waals surface area contributed by atoms with Crippen LogP contribution in [0.3, 0.4) is 0 Å². The summed E-state index contributed by atoms with van der Waals surface area (Å²) in [6, 6.07) is 2.49. The van der Waals surface area contributed by atoms with E-state index in [-0.39, 0.29) is 5.91 Å². The predicted molar refractivity (Wildman–Crippen MR) is 92.1 cm³/mol. The van der Waals surface area contributed by atoms with Crippen LogP contribution in [0.15, 0.2) is 18.5 Å². The Labute approximate surface area is 147 Å². The molecule has 8 nitrogen and oxygen atoms in total. The molecule has 4 rings (SSSR count). The Morgan fingerprint density at radius 3 is 2.68 bits per heavy atom. The molecule has 1 saturated carbocycles. The standard InChI is InChI=1S/C17H25N7O/c1-18-16(25)12-22-9-5-13(6-10-22)17-21-20-15(24(17)14-3-4-14)11-23-8-2-7-19-23/h2,7-8,13-14H,3-6,9-12H2,1H3,(H,18,25). The maximum atomic E-state index is 11.6. The number of likely N-dealkylation sites (tertiary alicyclic amines) is 1. The Kier molecular flexibility index (Phi) is 4.52. The molecule has 0 aromatic carbocycles. The molecule has 2 fully saturated rings. The van der Waals surface area contributed by atoms with Gasteiger partial charge in [-0.05, 0) is 44.8 Å². The molecule has 3 heterocycles. The number of hydrogen-bond donors (Lipinski definition) is 1. The van der Waals surface area contributed by atoms with Gasteiger partial charge < -0.3 is 9.88 Å². The van der Waals surface area contributed by atoms with Gasteiger partial charge in [0.05, 0.1) is 6.54 Å². The van der Waals surface area contributed by atoms with Gasteiger partial charge in [-0.3, -0.25) is 14.4 Å². The molecule has 1 aliphatic heterocycles. The summed E-state index contributed by atoms with van der Waals surface area (Å²) in [7, 11) is 1.69. The number of nitrogens with zero attached hydrogens (tertiary/aromatic N) is 6. The van der Waals surface area contributed by atoms with E-state index >= 15 is 0 Å². The molecule has 0 atom stereocenters. The minimum Gasteiger partial charge on any atom is -0.358 e. The van der Waals surface area contributed by atoms with Crippen LogP contribution >= 0.6 is 0 Å². The molecule has 1 N–H and O–H groups in total. The van der Waals surface area contributed by atoms with Gasteiger partial charge in [-0.25, -0.2) is 0 Å². The van der Waals surface area contributed by atoms with Crippen molar-refractivity contribution >= 4 is 5.91 Å². The zero-order valence-corrected chi connectivity index (χ0v) is 14.6. The second-order valence-corrected chi connectivity index (χ2v) is 7.00. The second kappa shape index (κ2) is 6.95. The number of amides is 1. The van der Waals surface area contributed by atoms with E-state index in [1.807, 2.05) is 16.9 Å². The average molecular weight is 343 g/mol. The van der Waals surface area contributed by atoms with Crippen molar-refractivity contribution in [2.45, 2.75) is 44.2 Å². The largest absolute Gasteiger partial charge is 0.358 e. The van der Waals surface area contributed by atoms with Gasteiger partial charge in [0.2, 0.25) is 5.91 Å². The molecule has 2 aliphatic rings. The van der Waals surface area contributed by atoms with E-state index in [1.54, 1.807) is 13.2 Å². The highest BCUT2D eigenvalue weighted by atomic mass is 16.1. The fourth-order valence-corrected chi connectivity index (χ4v) is 3.62. The Hall–Kier alpha value is -2.22. The van der Waals surface area contributed by atoms with E-state index < -0.39 is 0 Å². The van der Waals surface area contributed by atoms with Gasteiger partial charge in [-0.15, -0.1) is 10.2 Å². The molecule has 0 spiro atoms. The summed E-state index contributed by atoms with van der Waals surface area (Å²) in [6.45, 7) is 3.03. The number of piperidine rings is 1. The summed E-state index contributed by atoms with van der Waals surface area (Å²) in [5.74, 6) is 2.65. The van der Waals surface area contributed by atoms with Gasteiger partial charge >= 0.3 is 0 Å². The van der Waals surface area contributed by atoms with Gasteiger partial charge in [-0.2, -0.15) is 5.10 Å². The Bertz CT molecular complexity index is 711. The van der Waals surface area contributed by atoms with Gasteiger partial charge in [0, 0.05) is 31.4 Å². The van der Waals surface area contributed by atoms with Crippen LogP contribution in [-0.2, 0) is 11.3 Å². The van der Waals surface area contributed by atoms with Crippen molar-refractivity contribution in [3.05, 3.63) is 30.1 Å². The van der Waals surface area contributed by atoms with Gasteiger partial charge in [0.1, 0.15) is 12.4 Å². The minimum absolute atomic E-state index is 0.0844.